The maximum Gasteiger partial charge on any atom is 0.311 e. The summed E-state index contributed by atoms with van der Waals surface area (Å²) in [5.41, 5.74) is 3.35. The Labute approximate surface area is 263 Å². The fourth-order valence-electron chi connectivity index (χ4n) is 5.73. The highest BCUT2D eigenvalue weighted by Gasteiger charge is 2.46. The van der Waals surface area contributed by atoms with Gasteiger partial charge in [0.05, 0.1) is 25.6 Å². The number of esters is 2. The summed E-state index contributed by atoms with van der Waals surface area (Å²) < 4.78 is 24.0. The van der Waals surface area contributed by atoms with E-state index < -0.39 is 17.5 Å². The molecular weight excluding hydrogens is 540 g/mol. The second kappa shape index (κ2) is 14.3. The van der Waals surface area contributed by atoms with E-state index in [9.17, 15) is 9.59 Å². The minimum atomic E-state index is -0.660. The first-order valence-electron chi connectivity index (χ1n) is 16.5. The second-order valence-corrected chi connectivity index (χ2v) is 15.8. The van der Waals surface area contributed by atoms with E-state index in [0.29, 0.717) is 30.1 Å². The van der Waals surface area contributed by atoms with E-state index >= 15 is 0 Å². The Balaban J connectivity index is 2.07. The molecule has 246 valence electrons. The van der Waals surface area contributed by atoms with Gasteiger partial charge in [0.15, 0.2) is 0 Å². The van der Waals surface area contributed by atoms with Crippen LogP contribution < -0.4 is 9.47 Å². The van der Waals surface area contributed by atoms with Gasteiger partial charge in [0.1, 0.15) is 22.7 Å². The van der Waals surface area contributed by atoms with Crippen LogP contribution in [0.5, 0.6) is 11.5 Å². The fourth-order valence-corrected chi connectivity index (χ4v) is 5.73. The summed E-state index contributed by atoms with van der Waals surface area (Å²) in [5.74, 6) is 1.35. The van der Waals surface area contributed by atoms with Crippen LogP contribution >= 0.6 is 0 Å². The molecule has 0 spiro atoms. The number of hydrogen-bond donors (Lipinski definition) is 0. The van der Waals surface area contributed by atoms with Crippen molar-refractivity contribution in [3.05, 3.63) is 22.3 Å². The van der Waals surface area contributed by atoms with Crippen molar-refractivity contribution in [2.75, 3.05) is 6.61 Å². The monoisotopic (exact) mass is 602 g/mol. The first kappa shape index (κ1) is 37.1. The molecule has 43 heavy (non-hydrogen) atoms. The molecule has 0 N–H and O–H groups in total. The van der Waals surface area contributed by atoms with Crippen molar-refractivity contribution in [3.8, 4) is 11.5 Å². The molecule has 1 aromatic rings. The van der Waals surface area contributed by atoms with Gasteiger partial charge in [-0.1, -0.05) is 54.4 Å². The minimum Gasteiger partial charge on any atom is -0.486 e. The van der Waals surface area contributed by atoms with Crippen molar-refractivity contribution in [2.24, 2.45) is 16.7 Å². The molecule has 0 aliphatic carbocycles. The zero-order valence-corrected chi connectivity index (χ0v) is 30.0. The molecule has 0 amide bonds. The molecule has 0 saturated heterocycles. The Kier molecular flexibility index (Phi) is 12.4. The number of benzene rings is 1. The molecule has 2 rings (SSSR count). The van der Waals surface area contributed by atoms with Gasteiger partial charge in [-0.05, 0) is 103 Å². The normalized spacial score (nSPS) is 18.2. The maximum atomic E-state index is 12.9. The summed E-state index contributed by atoms with van der Waals surface area (Å²) in [6, 6.07) is 0. The van der Waals surface area contributed by atoms with Crippen LogP contribution in [0.25, 0.3) is 0 Å². The first-order chi connectivity index (χ1) is 19.6. The highest BCUT2D eigenvalue weighted by atomic mass is 16.6. The average molecular weight is 603 g/mol. The van der Waals surface area contributed by atoms with Gasteiger partial charge in [-0.3, -0.25) is 9.59 Å². The summed E-state index contributed by atoms with van der Waals surface area (Å²) in [5, 5.41) is 0. The van der Waals surface area contributed by atoms with Gasteiger partial charge in [0, 0.05) is 17.4 Å². The SMILES string of the molecule is Cc1c(C)c2c(c(C)c1OC(=O)CCC(=O)OC(C)(C)CCOC(C)C)CCC(C)(C(C)(C)CCCC(C)C(C)(C)C)O2. The Bertz CT molecular complexity index is 1120. The Hall–Kier alpha value is -2.08. The minimum absolute atomic E-state index is 0.00625. The van der Waals surface area contributed by atoms with Crippen LogP contribution in [0.2, 0.25) is 0 Å². The lowest BCUT2D eigenvalue weighted by Crippen LogP contribution is -2.49. The predicted octanol–water partition coefficient (Wildman–Crippen LogP) is 9.40. The summed E-state index contributed by atoms with van der Waals surface area (Å²) in [4.78, 5) is 25.4. The molecule has 1 aliphatic heterocycles. The highest BCUT2D eigenvalue weighted by Crippen LogP contribution is 2.50. The van der Waals surface area contributed by atoms with Crippen molar-refractivity contribution in [1.29, 1.82) is 0 Å². The van der Waals surface area contributed by atoms with Crippen LogP contribution in [-0.4, -0.2) is 35.9 Å². The van der Waals surface area contributed by atoms with Gasteiger partial charge in [0.25, 0.3) is 0 Å². The number of hydrogen-bond acceptors (Lipinski definition) is 6. The third-order valence-corrected chi connectivity index (χ3v) is 10.1. The van der Waals surface area contributed by atoms with Crippen molar-refractivity contribution in [2.45, 2.75) is 166 Å². The smallest absolute Gasteiger partial charge is 0.311 e. The average Bonchev–Trinajstić information content (AvgIpc) is 2.87. The fraction of sp³-hybridized carbons (Fsp3) is 0.784. The molecule has 0 saturated carbocycles. The number of fused-ring (bicyclic) bond motifs is 1. The number of carbonyl (C=O) groups excluding carboxylic acids is 2. The second-order valence-electron chi connectivity index (χ2n) is 15.8. The molecule has 2 unspecified atom stereocenters. The lowest BCUT2D eigenvalue weighted by atomic mass is 9.67. The molecule has 1 heterocycles. The Morgan fingerprint density at radius 2 is 1.49 bits per heavy atom. The maximum absolute atomic E-state index is 12.9. The molecule has 0 radical (unpaired) electrons. The number of rotatable bonds is 14. The molecule has 0 aromatic heterocycles. The third kappa shape index (κ3) is 9.96. The van der Waals surface area contributed by atoms with Crippen molar-refractivity contribution in [1.82, 2.24) is 0 Å². The van der Waals surface area contributed by atoms with Crippen molar-refractivity contribution in [3.63, 3.8) is 0 Å². The standard InChI is InChI=1S/C37H62O6/c1-24(2)40-23-22-36(12,13)42-31(39)18-17-30(38)41-32-26(4)27(5)33-29(28(32)6)19-21-37(14,43-33)35(10,11)20-15-16-25(3)34(7,8)9/h24-25H,15-23H2,1-14H3. The van der Waals surface area contributed by atoms with E-state index in [1.54, 1.807) is 0 Å². The van der Waals surface area contributed by atoms with Crippen LogP contribution in [0.1, 0.15) is 143 Å². The largest absolute Gasteiger partial charge is 0.486 e. The van der Waals surface area contributed by atoms with Crippen molar-refractivity contribution >= 4 is 11.9 Å². The van der Waals surface area contributed by atoms with Crippen LogP contribution in [-0.2, 0) is 25.5 Å². The van der Waals surface area contributed by atoms with Gasteiger partial charge in [0.2, 0.25) is 0 Å². The molecule has 0 bridgehead atoms. The van der Waals surface area contributed by atoms with Crippen molar-refractivity contribution < 1.29 is 28.5 Å². The van der Waals surface area contributed by atoms with Gasteiger partial charge >= 0.3 is 11.9 Å². The topological polar surface area (TPSA) is 71.1 Å². The summed E-state index contributed by atoms with van der Waals surface area (Å²) in [6.45, 7) is 30.5. The molecule has 2 atom stereocenters. The summed E-state index contributed by atoms with van der Waals surface area (Å²) in [6.07, 6.45) is 5.93. The van der Waals surface area contributed by atoms with E-state index in [-0.39, 0.29) is 30.0 Å². The molecular formula is C37H62O6. The highest BCUT2D eigenvalue weighted by molar-refractivity contribution is 5.80. The molecule has 1 aromatic carbocycles. The van der Waals surface area contributed by atoms with Crippen LogP contribution in [0.15, 0.2) is 0 Å². The summed E-state index contributed by atoms with van der Waals surface area (Å²) in [7, 11) is 0. The predicted molar refractivity (Wildman–Crippen MR) is 175 cm³/mol. The van der Waals surface area contributed by atoms with Crippen LogP contribution in [0.3, 0.4) is 0 Å². The van der Waals surface area contributed by atoms with Gasteiger partial charge < -0.3 is 18.9 Å². The molecule has 6 heteroatoms. The van der Waals surface area contributed by atoms with E-state index in [4.69, 9.17) is 18.9 Å². The zero-order valence-electron chi connectivity index (χ0n) is 30.0. The molecule has 1 aliphatic rings. The number of carbonyl (C=O) groups is 2. The van der Waals surface area contributed by atoms with E-state index in [0.717, 1.165) is 47.3 Å². The Morgan fingerprint density at radius 3 is 2.07 bits per heavy atom. The van der Waals surface area contributed by atoms with Gasteiger partial charge in [-0.15, -0.1) is 0 Å². The van der Waals surface area contributed by atoms with E-state index in [1.165, 1.54) is 12.8 Å². The Morgan fingerprint density at radius 1 is 0.884 bits per heavy atom. The van der Waals surface area contributed by atoms with E-state index in [1.807, 2.05) is 41.5 Å². The molecule has 0 fully saturated rings. The molecule has 6 nitrogen and oxygen atoms in total. The first-order valence-corrected chi connectivity index (χ1v) is 16.5. The van der Waals surface area contributed by atoms with Gasteiger partial charge in [-0.25, -0.2) is 0 Å². The lowest BCUT2D eigenvalue weighted by molar-refractivity contribution is -0.160. The van der Waals surface area contributed by atoms with Crippen LogP contribution in [0, 0.1) is 37.5 Å². The van der Waals surface area contributed by atoms with Crippen LogP contribution in [0.4, 0.5) is 0 Å². The number of ether oxygens (including phenoxy) is 4. The zero-order chi connectivity index (χ0) is 33.0. The lowest BCUT2D eigenvalue weighted by Gasteiger charge is -2.48. The summed E-state index contributed by atoms with van der Waals surface area (Å²) >= 11 is 0. The van der Waals surface area contributed by atoms with E-state index in [2.05, 4.69) is 55.4 Å². The quantitative estimate of drug-likeness (QED) is 0.156. The third-order valence-electron chi connectivity index (χ3n) is 10.1. The van der Waals surface area contributed by atoms with Gasteiger partial charge in [-0.2, -0.15) is 0 Å².